The summed E-state index contributed by atoms with van der Waals surface area (Å²) < 4.78 is 13.6. The number of hydrogen-bond donors (Lipinski definition) is 2. The van der Waals surface area contributed by atoms with Crippen LogP contribution in [0.15, 0.2) is 84.2 Å². The van der Waals surface area contributed by atoms with E-state index >= 15 is 0 Å². The number of halogens is 1. The molecule has 0 fully saturated rings. The molecular weight excluding hydrogens is 403 g/mol. The van der Waals surface area contributed by atoms with Gasteiger partial charge in [-0.3, -0.25) is 10.4 Å². The summed E-state index contributed by atoms with van der Waals surface area (Å²) in [7, 11) is 0. The van der Waals surface area contributed by atoms with Gasteiger partial charge in [0.1, 0.15) is 5.82 Å². The average molecular weight is 426 g/mol. The molecule has 2 N–H and O–H groups in total. The van der Waals surface area contributed by atoms with Gasteiger partial charge in [0.05, 0.1) is 16.8 Å². The molecule has 0 aliphatic rings. The molecule has 160 valence electrons. The third kappa shape index (κ3) is 4.46. The number of hydrazone groups is 1. The average Bonchev–Trinajstić information content (AvgIpc) is 2.81. The topological polar surface area (TPSA) is 75.1 Å². The van der Waals surface area contributed by atoms with Crippen molar-refractivity contribution in [3.05, 3.63) is 90.5 Å². The van der Waals surface area contributed by atoms with E-state index in [0.29, 0.717) is 23.0 Å². The molecule has 4 rings (SSSR count). The lowest BCUT2D eigenvalue weighted by Gasteiger charge is -2.28. The Kier molecular flexibility index (Phi) is 5.89. The van der Waals surface area contributed by atoms with Crippen LogP contribution in [-0.4, -0.2) is 21.7 Å². The fraction of sp³-hybridized carbons (Fsp3) is 0.120. The van der Waals surface area contributed by atoms with Crippen LogP contribution in [0.1, 0.15) is 19.4 Å². The van der Waals surface area contributed by atoms with Crippen LogP contribution in [0.4, 0.5) is 16.2 Å². The molecule has 0 spiro atoms. The zero-order valence-corrected chi connectivity index (χ0v) is 17.9. The molecule has 2 aromatic heterocycles. The Morgan fingerprint density at radius 3 is 2.22 bits per heavy atom. The number of nitrogens with one attached hydrogen (secondary N) is 2. The van der Waals surface area contributed by atoms with Gasteiger partial charge in [-0.2, -0.15) is 10.1 Å². The third-order valence-corrected chi connectivity index (χ3v) is 5.10. The largest absolute Gasteiger partial charge is 0.345 e. The van der Waals surface area contributed by atoms with Gasteiger partial charge in [0, 0.05) is 24.7 Å². The van der Waals surface area contributed by atoms with Gasteiger partial charge in [-0.05, 0) is 49.2 Å². The van der Waals surface area contributed by atoms with E-state index in [0.717, 1.165) is 16.7 Å². The van der Waals surface area contributed by atoms with E-state index in [2.05, 4.69) is 46.4 Å². The highest BCUT2D eigenvalue weighted by molar-refractivity contribution is 5.89. The van der Waals surface area contributed by atoms with Crippen molar-refractivity contribution in [3.63, 3.8) is 0 Å². The number of anilines is 2. The highest BCUT2D eigenvalue weighted by Gasteiger charge is 2.24. The Morgan fingerprint density at radius 1 is 0.875 bits per heavy atom. The molecule has 4 aromatic rings. The van der Waals surface area contributed by atoms with Crippen LogP contribution in [0, 0.1) is 5.82 Å². The minimum atomic E-state index is -0.437. The van der Waals surface area contributed by atoms with Gasteiger partial charge in [-0.1, -0.05) is 42.5 Å². The third-order valence-electron chi connectivity index (χ3n) is 5.10. The van der Waals surface area contributed by atoms with Crippen molar-refractivity contribution < 1.29 is 4.39 Å². The van der Waals surface area contributed by atoms with E-state index < -0.39 is 5.54 Å². The van der Waals surface area contributed by atoms with Crippen LogP contribution in [0.5, 0.6) is 0 Å². The van der Waals surface area contributed by atoms with E-state index in [1.54, 1.807) is 24.5 Å². The molecule has 32 heavy (non-hydrogen) atoms. The second-order valence-electron chi connectivity index (χ2n) is 7.75. The van der Waals surface area contributed by atoms with E-state index in [1.165, 1.54) is 12.1 Å². The molecule has 0 unspecified atom stereocenters. The number of nitrogens with zero attached hydrogens (tertiary/aromatic N) is 4. The van der Waals surface area contributed by atoms with Gasteiger partial charge in [0.25, 0.3) is 0 Å². The predicted octanol–water partition coefficient (Wildman–Crippen LogP) is 5.72. The van der Waals surface area contributed by atoms with Crippen LogP contribution in [-0.2, 0) is 5.54 Å². The van der Waals surface area contributed by atoms with Gasteiger partial charge in [-0.25, -0.2) is 9.37 Å². The lowest BCUT2D eigenvalue weighted by atomic mass is 9.94. The Morgan fingerprint density at radius 2 is 1.56 bits per heavy atom. The van der Waals surface area contributed by atoms with Crippen molar-refractivity contribution in [2.45, 2.75) is 19.4 Å². The quantitative estimate of drug-likeness (QED) is 0.292. The summed E-state index contributed by atoms with van der Waals surface area (Å²) in [6.45, 7) is 7.67. The van der Waals surface area contributed by atoms with Gasteiger partial charge >= 0.3 is 0 Å². The van der Waals surface area contributed by atoms with Crippen molar-refractivity contribution in [1.29, 1.82) is 0 Å². The first-order valence-corrected chi connectivity index (χ1v) is 10.1. The Hall–Kier alpha value is -4.13. The maximum Gasteiger partial charge on any atom is 0.225 e. The summed E-state index contributed by atoms with van der Waals surface area (Å²) in [5.74, 6) is 0.557. The number of rotatable bonds is 7. The number of hydrogen-bond acceptors (Lipinski definition) is 6. The number of pyridine rings is 1. The van der Waals surface area contributed by atoms with Crippen LogP contribution in [0.2, 0.25) is 0 Å². The first kappa shape index (κ1) is 21.1. The van der Waals surface area contributed by atoms with Crippen molar-refractivity contribution in [2.75, 3.05) is 10.7 Å². The smallest absolute Gasteiger partial charge is 0.225 e. The lowest BCUT2D eigenvalue weighted by molar-refractivity contribution is 0.602. The molecule has 0 saturated heterocycles. The van der Waals surface area contributed by atoms with Crippen LogP contribution >= 0.6 is 0 Å². The molecule has 7 heteroatoms. The summed E-state index contributed by atoms with van der Waals surface area (Å²) in [5, 5.41) is 7.27. The van der Waals surface area contributed by atoms with Gasteiger partial charge in [-0.15, -0.1) is 0 Å². The zero-order valence-electron chi connectivity index (χ0n) is 17.9. The molecule has 6 nitrogen and oxygen atoms in total. The molecule has 0 aliphatic carbocycles. The van der Waals surface area contributed by atoms with E-state index in [4.69, 9.17) is 4.98 Å². The minimum Gasteiger partial charge on any atom is -0.345 e. The molecule has 0 aliphatic heterocycles. The minimum absolute atomic E-state index is 0.320. The van der Waals surface area contributed by atoms with Crippen molar-refractivity contribution in [1.82, 2.24) is 15.0 Å². The SMILES string of the molecule is C=NNc1nc(NC(C)(C)c2ccccc2)nc(-c2ccncc2)c1-c1ccc(F)cc1. The summed E-state index contributed by atoms with van der Waals surface area (Å²) in [5.41, 5.74) is 6.47. The molecule has 2 heterocycles. The van der Waals surface area contributed by atoms with Gasteiger partial charge in [0.2, 0.25) is 5.95 Å². The van der Waals surface area contributed by atoms with Crippen molar-refractivity contribution in [2.24, 2.45) is 5.10 Å². The van der Waals surface area contributed by atoms with E-state index in [-0.39, 0.29) is 5.82 Å². The molecule has 0 bridgehead atoms. The number of benzene rings is 2. The molecule has 2 aromatic carbocycles. The number of aromatic nitrogens is 3. The Bertz CT molecular complexity index is 1210. The fourth-order valence-corrected chi connectivity index (χ4v) is 3.49. The van der Waals surface area contributed by atoms with E-state index in [9.17, 15) is 4.39 Å². The fourth-order valence-electron chi connectivity index (χ4n) is 3.49. The maximum atomic E-state index is 13.6. The van der Waals surface area contributed by atoms with Gasteiger partial charge in [0.15, 0.2) is 5.82 Å². The van der Waals surface area contributed by atoms with Gasteiger partial charge < -0.3 is 5.32 Å². The summed E-state index contributed by atoms with van der Waals surface area (Å²) in [6, 6.07) is 20.0. The molecule has 0 radical (unpaired) electrons. The molecular formula is C25H23FN6. The zero-order chi connectivity index (χ0) is 22.6. The predicted molar refractivity (Wildman–Crippen MR) is 127 cm³/mol. The second-order valence-corrected chi connectivity index (χ2v) is 7.75. The summed E-state index contributed by atoms with van der Waals surface area (Å²) in [6.07, 6.45) is 3.40. The second kappa shape index (κ2) is 8.93. The summed E-state index contributed by atoms with van der Waals surface area (Å²) >= 11 is 0. The monoisotopic (exact) mass is 426 g/mol. The highest BCUT2D eigenvalue weighted by Crippen LogP contribution is 2.37. The Balaban J connectivity index is 1.89. The van der Waals surface area contributed by atoms with Crippen molar-refractivity contribution >= 4 is 18.5 Å². The highest BCUT2D eigenvalue weighted by atomic mass is 19.1. The molecule has 0 amide bonds. The molecule has 0 atom stereocenters. The van der Waals surface area contributed by atoms with Crippen LogP contribution < -0.4 is 10.7 Å². The standard InChI is InChI=1S/C25H23FN6/c1-25(2,19-7-5-4-6-8-19)31-24-29-22(18-13-15-28-16-14-18)21(23(30-24)32-27-3)17-9-11-20(26)12-10-17/h4-16H,3H2,1-2H3,(H2,29,30,31,32). The van der Waals surface area contributed by atoms with Crippen LogP contribution in [0.25, 0.3) is 22.4 Å². The maximum absolute atomic E-state index is 13.6. The Labute approximate surface area is 186 Å². The first-order chi connectivity index (χ1) is 15.5. The molecule has 0 saturated carbocycles. The first-order valence-electron chi connectivity index (χ1n) is 10.1. The normalized spacial score (nSPS) is 11.1. The van der Waals surface area contributed by atoms with E-state index in [1.807, 2.05) is 42.5 Å². The summed E-state index contributed by atoms with van der Waals surface area (Å²) in [4.78, 5) is 13.6. The van der Waals surface area contributed by atoms with Crippen LogP contribution in [0.3, 0.4) is 0 Å². The lowest BCUT2D eigenvalue weighted by Crippen LogP contribution is -2.29. The van der Waals surface area contributed by atoms with Crippen molar-refractivity contribution in [3.8, 4) is 22.4 Å².